The number of nitrogens with one attached hydrogen (secondary N) is 1. The third-order valence-electron chi connectivity index (χ3n) is 5.02. The number of thiazole rings is 1. The van der Waals surface area contributed by atoms with Crippen molar-refractivity contribution >= 4 is 62.7 Å². The average molecular weight is 494 g/mol. The molecule has 168 valence electrons. The lowest BCUT2D eigenvalue weighted by Gasteiger charge is -2.13. The Labute approximate surface area is 206 Å². The number of carbonyl (C=O) groups excluding carboxylic acids is 2. The number of anilines is 1. The number of thiocarbonyl (C=S) groups is 1. The van der Waals surface area contributed by atoms with E-state index in [9.17, 15) is 9.59 Å². The lowest BCUT2D eigenvalue weighted by molar-refractivity contribution is -0.122. The topological polar surface area (TPSA) is 62.3 Å². The number of rotatable bonds is 8. The van der Waals surface area contributed by atoms with Crippen molar-refractivity contribution in [2.75, 3.05) is 11.9 Å². The van der Waals surface area contributed by atoms with Crippen LogP contribution in [0.25, 0.3) is 6.08 Å². The molecule has 33 heavy (non-hydrogen) atoms. The van der Waals surface area contributed by atoms with E-state index >= 15 is 0 Å². The molecule has 0 aliphatic carbocycles. The fourth-order valence-electron chi connectivity index (χ4n) is 3.44. The predicted octanol–water partition coefficient (Wildman–Crippen LogP) is 5.66. The van der Waals surface area contributed by atoms with E-state index in [0.29, 0.717) is 33.7 Å². The van der Waals surface area contributed by atoms with Crippen LogP contribution in [0.1, 0.15) is 34.4 Å². The summed E-state index contributed by atoms with van der Waals surface area (Å²) in [5, 5.41) is 3.46. The third-order valence-corrected chi connectivity index (χ3v) is 7.31. The second-order valence-electron chi connectivity index (χ2n) is 7.69. The molecular formula is C25H23N3O2S3. The molecule has 0 atom stereocenters. The maximum absolute atomic E-state index is 12.7. The average Bonchev–Trinajstić information content (AvgIpc) is 3.33. The van der Waals surface area contributed by atoms with Crippen molar-refractivity contribution in [3.05, 3.63) is 87.3 Å². The highest BCUT2D eigenvalue weighted by Crippen LogP contribution is 2.32. The molecular weight excluding hydrogens is 470 g/mol. The van der Waals surface area contributed by atoms with Gasteiger partial charge in [-0.1, -0.05) is 84.1 Å². The van der Waals surface area contributed by atoms with E-state index in [0.717, 1.165) is 16.9 Å². The third kappa shape index (κ3) is 6.37. The minimum Gasteiger partial charge on any atom is -0.302 e. The summed E-state index contributed by atoms with van der Waals surface area (Å²) >= 11 is 8.16. The maximum atomic E-state index is 12.7. The second kappa shape index (κ2) is 10.9. The molecule has 1 saturated heterocycles. The standard InChI is InChI=1S/C25H23N3O2S3/c1-17-7-5-10-19(13-17)14-20-16-26-24(32-20)27-22(29)11-6-12-28-23(30)21(33-25(28)31)15-18-8-3-2-4-9-18/h2-5,7-10,13,15-16H,6,11-12,14H2,1H3,(H,26,27,29)/b21-15-. The molecule has 2 aromatic carbocycles. The van der Waals surface area contributed by atoms with E-state index in [2.05, 4.69) is 35.4 Å². The van der Waals surface area contributed by atoms with Crippen molar-refractivity contribution in [2.45, 2.75) is 26.2 Å². The summed E-state index contributed by atoms with van der Waals surface area (Å²) in [5.74, 6) is -0.216. The number of hydrogen-bond acceptors (Lipinski definition) is 6. The number of thioether (sulfide) groups is 1. The number of carbonyl (C=O) groups is 2. The summed E-state index contributed by atoms with van der Waals surface area (Å²) in [5.41, 5.74) is 3.41. The zero-order valence-electron chi connectivity index (χ0n) is 18.1. The first-order chi connectivity index (χ1) is 16.0. The van der Waals surface area contributed by atoms with Gasteiger partial charge in [-0.25, -0.2) is 4.98 Å². The summed E-state index contributed by atoms with van der Waals surface area (Å²) in [4.78, 5) is 32.7. The fourth-order valence-corrected chi connectivity index (χ4v) is 5.61. The van der Waals surface area contributed by atoms with E-state index in [-0.39, 0.29) is 11.8 Å². The minimum atomic E-state index is -0.114. The van der Waals surface area contributed by atoms with Crippen LogP contribution in [0.5, 0.6) is 0 Å². The van der Waals surface area contributed by atoms with E-state index in [1.165, 1.54) is 34.2 Å². The highest BCUT2D eigenvalue weighted by atomic mass is 32.2. The Hall–Kier alpha value is -2.81. The molecule has 5 nitrogen and oxygen atoms in total. The van der Waals surface area contributed by atoms with Crippen molar-refractivity contribution in [3.63, 3.8) is 0 Å². The Morgan fingerprint density at radius 3 is 2.79 bits per heavy atom. The quantitative estimate of drug-likeness (QED) is 0.324. The number of benzene rings is 2. The molecule has 0 bridgehead atoms. The smallest absolute Gasteiger partial charge is 0.266 e. The van der Waals surface area contributed by atoms with Gasteiger partial charge in [0.1, 0.15) is 4.32 Å². The van der Waals surface area contributed by atoms with Gasteiger partial charge in [0.15, 0.2) is 5.13 Å². The molecule has 0 radical (unpaired) electrons. The van der Waals surface area contributed by atoms with Crippen LogP contribution in [0.2, 0.25) is 0 Å². The van der Waals surface area contributed by atoms with Crippen LogP contribution in [-0.2, 0) is 16.0 Å². The van der Waals surface area contributed by atoms with Crippen LogP contribution in [0.4, 0.5) is 5.13 Å². The molecule has 0 spiro atoms. The molecule has 1 aromatic heterocycles. The van der Waals surface area contributed by atoms with Gasteiger partial charge in [-0.3, -0.25) is 14.5 Å². The largest absolute Gasteiger partial charge is 0.302 e. The van der Waals surface area contributed by atoms with Crippen molar-refractivity contribution in [1.29, 1.82) is 0 Å². The van der Waals surface area contributed by atoms with E-state index in [1.807, 2.05) is 48.7 Å². The molecule has 1 aliphatic rings. The van der Waals surface area contributed by atoms with E-state index in [4.69, 9.17) is 12.2 Å². The minimum absolute atomic E-state index is 0.102. The Morgan fingerprint density at radius 1 is 1.18 bits per heavy atom. The van der Waals surface area contributed by atoms with Crippen LogP contribution < -0.4 is 5.32 Å². The van der Waals surface area contributed by atoms with Crippen LogP contribution in [0.15, 0.2) is 65.7 Å². The summed E-state index contributed by atoms with van der Waals surface area (Å²) in [6, 6.07) is 18.0. The lowest BCUT2D eigenvalue weighted by Crippen LogP contribution is -2.29. The van der Waals surface area contributed by atoms with Crippen LogP contribution in [0.3, 0.4) is 0 Å². The zero-order chi connectivity index (χ0) is 23.2. The highest BCUT2D eigenvalue weighted by Gasteiger charge is 2.31. The number of aryl methyl sites for hydroxylation is 1. The Bertz CT molecular complexity index is 1200. The molecule has 1 N–H and O–H groups in total. The first-order valence-corrected chi connectivity index (χ1v) is 12.6. The summed E-state index contributed by atoms with van der Waals surface area (Å²) in [6.45, 7) is 2.49. The Morgan fingerprint density at radius 2 is 2.00 bits per heavy atom. The first kappa shape index (κ1) is 23.4. The van der Waals surface area contributed by atoms with Gasteiger partial charge in [0.05, 0.1) is 4.91 Å². The van der Waals surface area contributed by atoms with Gasteiger partial charge in [0.25, 0.3) is 5.91 Å². The zero-order valence-corrected chi connectivity index (χ0v) is 20.6. The molecule has 2 amide bonds. The number of amides is 2. The van der Waals surface area contributed by atoms with E-state index < -0.39 is 0 Å². The Balaban J connectivity index is 1.25. The number of nitrogens with zero attached hydrogens (tertiary/aromatic N) is 2. The highest BCUT2D eigenvalue weighted by molar-refractivity contribution is 8.26. The van der Waals surface area contributed by atoms with Crippen LogP contribution in [0, 0.1) is 6.92 Å². The molecule has 2 heterocycles. The molecule has 4 rings (SSSR count). The Kier molecular flexibility index (Phi) is 7.69. The van der Waals surface area contributed by atoms with Crippen molar-refractivity contribution < 1.29 is 9.59 Å². The molecule has 1 aliphatic heterocycles. The first-order valence-electron chi connectivity index (χ1n) is 10.6. The lowest BCUT2D eigenvalue weighted by atomic mass is 10.1. The number of hydrogen-bond donors (Lipinski definition) is 1. The van der Waals surface area contributed by atoms with Gasteiger partial charge in [-0.2, -0.15) is 0 Å². The van der Waals surface area contributed by atoms with Gasteiger partial charge in [0, 0.05) is 30.5 Å². The van der Waals surface area contributed by atoms with Crippen molar-refractivity contribution in [1.82, 2.24) is 9.88 Å². The van der Waals surface area contributed by atoms with Crippen molar-refractivity contribution in [2.24, 2.45) is 0 Å². The van der Waals surface area contributed by atoms with Gasteiger partial charge >= 0.3 is 0 Å². The van der Waals surface area contributed by atoms with Crippen molar-refractivity contribution in [3.8, 4) is 0 Å². The van der Waals surface area contributed by atoms with Gasteiger partial charge in [-0.05, 0) is 30.5 Å². The summed E-state index contributed by atoms with van der Waals surface area (Å²) in [7, 11) is 0. The summed E-state index contributed by atoms with van der Waals surface area (Å²) < 4.78 is 0.531. The van der Waals surface area contributed by atoms with Crippen LogP contribution >= 0.6 is 35.3 Å². The SMILES string of the molecule is Cc1cccc(Cc2cnc(NC(=O)CCCN3C(=O)/C(=C/c4ccccc4)SC3=S)s2)c1. The predicted molar refractivity (Wildman–Crippen MR) is 140 cm³/mol. The molecule has 0 saturated carbocycles. The van der Waals surface area contributed by atoms with Gasteiger partial charge < -0.3 is 5.32 Å². The second-order valence-corrected chi connectivity index (χ2v) is 10.5. The molecule has 8 heteroatoms. The maximum Gasteiger partial charge on any atom is 0.266 e. The van der Waals surface area contributed by atoms with Crippen LogP contribution in [-0.4, -0.2) is 32.6 Å². The fraction of sp³-hybridized carbons (Fsp3) is 0.200. The number of aromatic nitrogens is 1. The molecule has 0 unspecified atom stereocenters. The van der Waals surface area contributed by atoms with Gasteiger partial charge in [-0.15, -0.1) is 11.3 Å². The van der Waals surface area contributed by atoms with E-state index in [1.54, 1.807) is 4.90 Å². The summed E-state index contributed by atoms with van der Waals surface area (Å²) in [6.07, 6.45) is 5.27. The normalized spacial score (nSPS) is 14.8. The monoisotopic (exact) mass is 493 g/mol. The molecule has 3 aromatic rings. The molecule has 1 fully saturated rings. The van der Waals surface area contributed by atoms with Gasteiger partial charge in [0.2, 0.25) is 5.91 Å².